The van der Waals surface area contributed by atoms with Gasteiger partial charge in [0.15, 0.2) is 0 Å². The van der Waals surface area contributed by atoms with Crippen molar-refractivity contribution in [3.8, 4) is 0 Å². The summed E-state index contributed by atoms with van der Waals surface area (Å²) in [5, 5.41) is 3.25. The predicted octanol–water partition coefficient (Wildman–Crippen LogP) is 1.69. The molecule has 1 atom stereocenters. The minimum absolute atomic E-state index is 0.146. The van der Waals surface area contributed by atoms with Crippen LogP contribution in [-0.2, 0) is 9.59 Å². The molecule has 0 aliphatic carbocycles. The average Bonchev–Trinajstić information content (AvgIpc) is 2.41. The average molecular weight is 310 g/mol. The van der Waals surface area contributed by atoms with Crippen molar-refractivity contribution >= 4 is 29.1 Å². The van der Waals surface area contributed by atoms with E-state index in [1.54, 1.807) is 30.9 Å². The third-order valence-corrected chi connectivity index (χ3v) is 3.79. The molecule has 6 heteroatoms. The number of nitrogens with zero attached hydrogens (tertiary/aromatic N) is 1. The van der Waals surface area contributed by atoms with Crippen molar-refractivity contribution in [3.63, 3.8) is 0 Å². The number of benzene rings is 1. The van der Waals surface area contributed by atoms with Crippen LogP contribution in [0.1, 0.15) is 26.7 Å². The predicted molar refractivity (Wildman–Crippen MR) is 83.2 cm³/mol. The standard InChI is InChI=1S/C15H20ClN3O2/c1-15(2,17)14(21)18-11-7-5-9-19(13(11)20)12-8-4-3-6-10(12)16/h3-4,6,8,11H,5,7,9,17H2,1-2H3,(H,18,21). The third kappa shape index (κ3) is 3.54. The Morgan fingerprint density at radius 1 is 1.43 bits per heavy atom. The van der Waals surface area contributed by atoms with Crippen molar-refractivity contribution in [2.45, 2.75) is 38.3 Å². The molecule has 0 spiro atoms. The zero-order valence-electron chi connectivity index (χ0n) is 12.2. The van der Waals surface area contributed by atoms with Crippen molar-refractivity contribution in [2.24, 2.45) is 5.73 Å². The monoisotopic (exact) mass is 309 g/mol. The molecule has 1 heterocycles. The van der Waals surface area contributed by atoms with E-state index in [2.05, 4.69) is 5.32 Å². The van der Waals surface area contributed by atoms with Gasteiger partial charge >= 0.3 is 0 Å². The summed E-state index contributed by atoms with van der Waals surface area (Å²) in [4.78, 5) is 26.1. The summed E-state index contributed by atoms with van der Waals surface area (Å²) in [7, 11) is 0. The lowest BCUT2D eigenvalue weighted by atomic mass is 10.0. The second kappa shape index (κ2) is 6.03. The van der Waals surface area contributed by atoms with Gasteiger partial charge in [-0.2, -0.15) is 0 Å². The van der Waals surface area contributed by atoms with Gasteiger partial charge in [-0.3, -0.25) is 9.59 Å². The van der Waals surface area contributed by atoms with Crippen molar-refractivity contribution in [1.82, 2.24) is 5.32 Å². The van der Waals surface area contributed by atoms with Crippen LogP contribution in [0.25, 0.3) is 0 Å². The minimum Gasteiger partial charge on any atom is -0.343 e. The summed E-state index contributed by atoms with van der Waals surface area (Å²) >= 11 is 6.15. The zero-order chi connectivity index (χ0) is 15.6. The summed E-state index contributed by atoms with van der Waals surface area (Å²) in [5.74, 6) is -0.478. The normalized spacial score (nSPS) is 19.5. The van der Waals surface area contributed by atoms with Crippen LogP contribution in [0, 0.1) is 0 Å². The SMILES string of the molecule is CC(C)(N)C(=O)NC1CCCN(c2ccccc2Cl)C1=O. The van der Waals surface area contributed by atoms with Gasteiger partial charge in [0.1, 0.15) is 6.04 Å². The lowest BCUT2D eigenvalue weighted by molar-refractivity contribution is -0.130. The topological polar surface area (TPSA) is 75.4 Å². The number of piperidine rings is 1. The molecule has 0 bridgehead atoms. The maximum Gasteiger partial charge on any atom is 0.249 e. The maximum absolute atomic E-state index is 12.6. The number of hydrogen-bond donors (Lipinski definition) is 2. The first-order valence-corrected chi connectivity index (χ1v) is 7.34. The van der Waals surface area contributed by atoms with Crippen LogP contribution in [0.15, 0.2) is 24.3 Å². The van der Waals surface area contributed by atoms with Crippen LogP contribution in [0.3, 0.4) is 0 Å². The molecule has 1 unspecified atom stereocenters. The number of hydrogen-bond acceptors (Lipinski definition) is 3. The van der Waals surface area contributed by atoms with Gasteiger partial charge in [0, 0.05) is 6.54 Å². The Labute approximate surface area is 129 Å². The Morgan fingerprint density at radius 2 is 2.10 bits per heavy atom. The van der Waals surface area contributed by atoms with Gasteiger partial charge in [0.2, 0.25) is 11.8 Å². The fourth-order valence-electron chi connectivity index (χ4n) is 2.26. The second-order valence-corrected chi connectivity index (χ2v) is 6.24. The summed E-state index contributed by atoms with van der Waals surface area (Å²) in [6, 6.07) is 6.65. The van der Waals surface area contributed by atoms with Crippen LogP contribution in [0.4, 0.5) is 5.69 Å². The van der Waals surface area contributed by atoms with Gasteiger partial charge < -0.3 is 16.0 Å². The Hall–Kier alpha value is -1.59. The minimum atomic E-state index is -1.01. The van der Waals surface area contributed by atoms with E-state index in [0.717, 1.165) is 6.42 Å². The Morgan fingerprint density at radius 3 is 2.71 bits per heavy atom. The molecular weight excluding hydrogens is 290 g/mol. The number of amides is 2. The van der Waals surface area contributed by atoms with Crippen LogP contribution >= 0.6 is 11.6 Å². The fraction of sp³-hybridized carbons (Fsp3) is 0.467. The number of anilines is 1. The van der Waals surface area contributed by atoms with Gasteiger partial charge in [-0.15, -0.1) is 0 Å². The van der Waals surface area contributed by atoms with Crippen LogP contribution in [0.5, 0.6) is 0 Å². The fourth-order valence-corrected chi connectivity index (χ4v) is 2.50. The highest BCUT2D eigenvalue weighted by Gasteiger charge is 2.34. The van der Waals surface area contributed by atoms with Crippen LogP contribution in [-0.4, -0.2) is 29.9 Å². The Bertz CT molecular complexity index is 554. The van der Waals surface area contributed by atoms with E-state index in [0.29, 0.717) is 23.7 Å². The van der Waals surface area contributed by atoms with Gasteiger partial charge in [-0.05, 0) is 38.8 Å². The highest BCUT2D eigenvalue weighted by atomic mass is 35.5. The first-order chi connectivity index (χ1) is 9.80. The summed E-state index contributed by atoms with van der Waals surface area (Å²) in [6.07, 6.45) is 1.41. The molecule has 1 aromatic rings. The zero-order valence-corrected chi connectivity index (χ0v) is 13.0. The Balaban J connectivity index is 2.16. The van der Waals surface area contributed by atoms with Crippen molar-refractivity contribution < 1.29 is 9.59 Å². The summed E-state index contributed by atoms with van der Waals surface area (Å²) in [5.41, 5.74) is 5.42. The molecule has 1 fully saturated rings. The summed E-state index contributed by atoms with van der Waals surface area (Å²) in [6.45, 7) is 3.82. The van der Waals surface area contributed by atoms with E-state index in [4.69, 9.17) is 17.3 Å². The number of rotatable bonds is 3. The molecule has 1 saturated heterocycles. The van der Waals surface area contributed by atoms with E-state index in [-0.39, 0.29) is 11.8 Å². The van der Waals surface area contributed by atoms with Crippen molar-refractivity contribution in [3.05, 3.63) is 29.3 Å². The molecular formula is C15H20ClN3O2. The van der Waals surface area contributed by atoms with Crippen LogP contribution < -0.4 is 16.0 Å². The molecule has 3 N–H and O–H groups in total. The molecule has 2 amide bonds. The smallest absolute Gasteiger partial charge is 0.249 e. The van der Waals surface area contributed by atoms with Gasteiger partial charge in [-0.1, -0.05) is 23.7 Å². The number of nitrogens with two attached hydrogens (primary N) is 1. The number of nitrogens with one attached hydrogen (secondary N) is 1. The van der Waals surface area contributed by atoms with Gasteiger partial charge in [0.25, 0.3) is 0 Å². The maximum atomic E-state index is 12.6. The third-order valence-electron chi connectivity index (χ3n) is 3.47. The Kier molecular flexibility index (Phi) is 4.54. The number of carbonyl (C=O) groups excluding carboxylic acids is 2. The first-order valence-electron chi connectivity index (χ1n) is 6.96. The number of para-hydroxylation sites is 1. The quantitative estimate of drug-likeness (QED) is 0.892. The molecule has 0 aromatic heterocycles. The molecule has 1 aliphatic heterocycles. The molecule has 1 aliphatic rings. The molecule has 114 valence electrons. The van der Waals surface area contributed by atoms with Gasteiger partial charge in [0.05, 0.1) is 16.2 Å². The van der Waals surface area contributed by atoms with E-state index in [9.17, 15) is 9.59 Å². The molecule has 5 nitrogen and oxygen atoms in total. The van der Waals surface area contributed by atoms with Crippen molar-refractivity contribution in [1.29, 1.82) is 0 Å². The van der Waals surface area contributed by atoms with Gasteiger partial charge in [-0.25, -0.2) is 0 Å². The van der Waals surface area contributed by atoms with E-state index < -0.39 is 11.6 Å². The lowest BCUT2D eigenvalue weighted by Crippen LogP contribution is -2.58. The first kappa shape index (κ1) is 15.8. The number of halogens is 1. The van der Waals surface area contributed by atoms with Crippen molar-refractivity contribution in [2.75, 3.05) is 11.4 Å². The van der Waals surface area contributed by atoms with E-state index in [1.165, 1.54) is 0 Å². The highest BCUT2D eigenvalue weighted by Crippen LogP contribution is 2.28. The largest absolute Gasteiger partial charge is 0.343 e. The second-order valence-electron chi connectivity index (χ2n) is 5.83. The molecule has 1 aromatic carbocycles. The lowest BCUT2D eigenvalue weighted by Gasteiger charge is -2.34. The van der Waals surface area contributed by atoms with E-state index >= 15 is 0 Å². The van der Waals surface area contributed by atoms with E-state index in [1.807, 2.05) is 12.1 Å². The molecule has 2 rings (SSSR count). The molecule has 21 heavy (non-hydrogen) atoms. The molecule has 0 radical (unpaired) electrons. The number of carbonyl (C=O) groups is 2. The summed E-state index contributed by atoms with van der Waals surface area (Å²) < 4.78 is 0. The highest BCUT2D eigenvalue weighted by molar-refractivity contribution is 6.33. The van der Waals surface area contributed by atoms with Crippen LogP contribution in [0.2, 0.25) is 5.02 Å². The molecule has 0 saturated carbocycles.